The highest BCUT2D eigenvalue weighted by atomic mass is 35.5. The Bertz CT molecular complexity index is 1030. The van der Waals surface area contributed by atoms with Crippen LogP contribution in [-0.2, 0) is 4.79 Å². The molecule has 1 aliphatic rings. The Kier molecular flexibility index (Phi) is 4.00. The maximum absolute atomic E-state index is 14.3. The van der Waals surface area contributed by atoms with Crippen molar-refractivity contribution in [3.8, 4) is 5.69 Å². The fourth-order valence-corrected chi connectivity index (χ4v) is 3.46. The van der Waals surface area contributed by atoms with Gasteiger partial charge < -0.3 is 5.32 Å². The molecule has 7 heteroatoms. The number of hydrogen-bond acceptors (Lipinski definition) is 2. The highest BCUT2D eigenvalue weighted by molar-refractivity contribution is 6.31. The van der Waals surface area contributed by atoms with Gasteiger partial charge in [0.05, 0.1) is 11.9 Å². The summed E-state index contributed by atoms with van der Waals surface area (Å²) in [6, 6.07) is 8.63. The third-order valence-electron chi connectivity index (χ3n) is 4.62. The molecule has 3 aromatic rings. The van der Waals surface area contributed by atoms with Crippen molar-refractivity contribution in [3.63, 3.8) is 0 Å². The van der Waals surface area contributed by atoms with Crippen molar-refractivity contribution < 1.29 is 13.6 Å². The van der Waals surface area contributed by atoms with Crippen LogP contribution in [-0.4, -0.2) is 15.7 Å². The second kappa shape index (κ2) is 6.21. The molecule has 1 amide bonds. The zero-order chi connectivity index (χ0) is 18.4. The molecule has 0 saturated heterocycles. The van der Waals surface area contributed by atoms with E-state index in [1.807, 2.05) is 13.0 Å². The molecule has 0 spiro atoms. The highest BCUT2D eigenvalue weighted by Gasteiger charge is 2.32. The lowest BCUT2D eigenvalue weighted by atomic mass is 9.87. The molecule has 1 unspecified atom stereocenters. The van der Waals surface area contributed by atoms with Crippen molar-refractivity contribution in [2.75, 3.05) is 5.32 Å². The van der Waals surface area contributed by atoms with Gasteiger partial charge in [0.1, 0.15) is 17.5 Å². The number of aromatic nitrogens is 2. The number of nitrogens with one attached hydrogen (secondary N) is 1. The molecule has 1 aliphatic heterocycles. The van der Waals surface area contributed by atoms with Crippen molar-refractivity contribution in [1.82, 2.24) is 9.78 Å². The summed E-state index contributed by atoms with van der Waals surface area (Å²) in [5, 5.41) is 7.72. The van der Waals surface area contributed by atoms with Gasteiger partial charge in [-0.1, -0.05) is 17.7 Å². The molecule has 1 N–H and O–H groups in total. The minimum absolute atomic E-state index is 0.0214. The molecule has 1 aromatic heterocycles. The zero-order valence-electron chi connectivity index (χ0n) is 13.8. The molecular formula is C19H14ClF2N3O. The van der Waals surface area contributed by atoms with E-state index in [1.165, 1.54) is 0 Å². The first kappa shape index (κ1) is 16.7. The molecular weight excluding hydrogens is 360 g/mol. The fraction of sp³-hybridized carbons (Fsp3) is 0.158. The minimum atomic E-state index is -0.609. The fourth-order valence-electron chi connectivity index (χ4n) is 3.29. The lowest BCUT2D eigenvalue weighted by Gasteiger charge is -2.24. The summed E-state index contributed by atoms with van der Waals surface area (Å²) in [6.45, 7) is 1.85. The molecule has 4 nitrogen and oxygen atoms in total. The molecule has 2 aromatic carbocycles. The van der Waals surface area contributed by atoms with Crippen LogP contribution in [0.15, 0.2) is 42.6 Å². The normalized spacial score (nSPS) is 16.3. The van der Waals surface area contributed by atoms with Crippen LogP contribution in [0, 0.1) is 18.6 Å². The molecule has 26 heavy (non-hydrogen) atoms. The number of benzene rings is 2. The number of rotatable bonds is 2. The summed E-state index contributed by atoms with van der Waals surface area (Å²) in [7, 11) is 0. The van der Waals surface area contributed by atoms with Gasteiger partial charge in [-0.3, -0.25) is 4.79 Å². The van der Waals surface area contributed by atoms with E-state index in [-0.39, 0.29) is 17.9 Å². The molecule has 2 heterocycles. The first-order chi connectivity index (χ1) is 12.5. The molecule has 1 atom stereocenters. The molecule has 0 saturated carbocycles. The first-order valence-corrected chi connectivity index (χ1v) is 8.41. The number of halogens is 3. The average Bonchev–Trinajstić information content (AvgIpc) is 3.02. The average molecular weight is 374 g/mol. The Morgan fingerprint density at radius 1 is 1.23 bits per heavy atom. The number of hydrogen-bond donors (Lipinski definition) is 1. The Balaban J connectivity index is 1.88. The van der Waals surface area contributed by atoms with Crippen LogP contribution in [0.25, 0.3) is 5.69 Å². The van der Waals surface area contributed by atoms with Gasteiger partial charge >= 0.3 is 0 Å². The van der Waals surface area contributed by atoms with Crippen LogP contribution < -0.4 is 5.32 Å². The molecule has 4 rings (SSSR count). The Morgan fingerprint density at radius 2 is 2.04 bits per heavy atom. The third-order valence-corrected chi connectivity index (χ3v) is 5.03. The van der Waals surface area contributed by atoms with E-state index in [0.29, 0.717) is 22.1 Å². The van der Waals surface area contributed by atoms with Crippen LogP contribution in [0.5, 0.6) is 0 Å². The maximum Gasteiger partial charge on any atom is 0.226 e. The van der Waals surface area contributed by atoms with Crippen molar-refractivity contribution in [3.05, 3.63) is 75.9 Å². The number of fused-ring (bicyclic) bond motifs is 1. The number of anilines is 1. The van der Waals surface area contributed by atoms with Gasteiger partial charge in [-0.2, -0.15) is 5.10 Å². The standard InChI is InChI=1S/C19H14ClF2N3O/c1-10-15(20)3-2-4-17(10)25-19-14(9-23-25)12(8-18(26)24-19)13-7-11(21)5-6-16(13)22/h2-7,9,12H,8H2,1H3,(H,24,26). The van der Waals surface area contributed by atoms with Crippen molar-refractivity contribution >= 4 is 23.3 Å². The summed E-state index contributed by atoms with van der Waals surface area (Å²) in [5.74, 6) is -1.55. The Morgan fingerprint density at radius 3 is 2.85 bits per heavy atom. The van der Waals surface area contributed by atoms with Gasteiger partial charge in [-0.15, -0.1) is 0 Å². The van der Waals surface area contributed by atoms with E-state index < -0.39 is 17.6 Å². The minimum Gasteiger partial charge on any atom is -0.310 e. The number of carbonyl (C=O) groups excluding carboxylic acids is 1. The molecule has 132 valence electrons. The molecule has 0 fully saturated rings. The maximum atomic E-state index is 14.3. The van der Waals surface area contributed by atoms with Gasteiger partial charge in [0.2, 0.25) is 5.91 Å². The summed E-state index contributed by atoms with van der Waals surface area (Å²) in [4.78, 5) is 12.2. The quantitative estimate of drug-likeness (QED) is 0.714. The predicted molar refractivity (Wildman–Crippen MR) is 94.8 cm³/mol. The first-order valence-electron chi connectivity index (χ1n) is 8.04. The smallest absolute Gasteiger partial charge is 0.226 e. The number of amides is 1. The van der Waals surface area contributed by atoms with Crippen LogP contribution in [0.1, 0.15) is 29.0 Å². The topological polar surface area (TPSA) is 46.9 Å². The van der Waals surface area contributed by atoms with E-state index in [4.69, 9.17) is 11.6 Å². The summed E-state index contributed by atoms with van der Waals surface area (Å²) in [6.07, 6.45) is 1.59. The van der Waals surface area contributed by atoms with Gasteiger partial charge in [0, 0.05) is 22.9 Å². The van der Waals surface area contributed by atoms with Crippen LogP contribution in [0.4, 0.5) is 14.6 Å². The predicted octanol–water partition coefficient (Wildman–Crippen LogP) is 4.59. The monoisotopic (exact) mass is 373 g/mol. The summed E-state index contributed by atoms with van der Waals surface area (Å²) in [5.41, 5.74) is 2.28. The summed E-state index contributed by atoms with van der Waals surface area (Å²) >= 11 is 6.19. The lowest BCUT2D eigenvalue weighted by molar-refractivity contribution is -0.116. The Hall–Kier alpha value is -2.73. The molecule has 0 bridgehead atoms. The largest absolute Gasteiger partial charge is 0.310 e. The Labute approximate surface area is 153 Å². The SMILES string of the molecule is Cc1c(Cl)cccc1-n1ncc2c1NC(=O)CC2c1cc(F)ccc1F. The highest BCUT2D eigenvalue weighted by Crippen LogP contribution is 2.39. The van der Waals surface area contributed by atoms with Crippen molar-refractivity contribution in [2.45, 2.75) is 19.3 Å². The van der Waals surface area contributed by atoms with Crippen LogP contribution in [0.2, 0.25) is 5.02 Å². The van der Waals surface area contributed by atoms with Gasteiger partial charge in [-0.25, -0.2) is 13.5 Å². The van der Waals surface area contributed by atoms with Crippen molar-refractivity contribution in [2.24, 2.45) is 0 Å². The van der Waals surface area contributed by atoms with E-state index >= 15 is 0 Å². The van der Waals surface area contributed by atoms with Gasteiger partial charge in [-0.05, 0) is 48.4 Å². The second-order valence-electron chi connectivity index (χ2n) is 6.22. The third kappa shape index (κ3) is 2.66. The van der Waals surface area contributed by atoms with Crippen LogP contribution in [0.3, 0.4) is 0 Å². The van der Waals surface area contributed by atoms with Gasteiger partial charge in [0.15, 0.2) is 0 Å². The van der Waals surface area contributed by atoms with Crippen LogP contribution >= 0.6 is 11.6 Å². The second-order valence-corrected chi connectivity index (χ2v) is 6.62. The van der Waals surface area contributed by atoms with Crippen molar-refractivity contribution in [1.29, 1.82) is 0 Å². The van der Waals surface area contributed by atoms with E-state index in [1.54, 1.807) is 23.0 Å². The van der Waals surface area contributed by atoms with E-state index in [9.17, 15) is 13.6 Å². The van der Waals surface area contributed by atoms with E-state index in [2.05, 4.69) is 10.4 Å². The number of carbonyl (C=O) groups is 1. The zero-order valence-corrected chi connectivity index (χ0v) is 14.5. The molecule has 0 aliphatic carbocycles. The van der Waals surface area contributed by atoms with Gasteiger partial charge in [0.25, 0.3) is 0 Å². The summed E-state index contributed by atoms with van der Waals surface area (Å²) < 4.78 is 29.5. The molecule has 0 radical (unpaired) electrons. The number of nitrogens with zero attached hydrogens (tertiary/aromatic N) is 2. The lowest BCUT2D eigenvalue weighted by Crippen LogP contribution is -2.25. The van der Waals surface area contributed by atoms with E-state index in [0.717, 1.165) is 23.8 Å².